The molecule has 3 aromatic heterocycles. The van der Waals surface area contributed by atoms with Gasteiger partial charge in [0.25, 0.3) is 0 Å². The van der Waals surface area contributed by atoms with Gasteiger partial charge in [0, 0.05) is 25.4 Å². The normalized spacial score (nSPS) is 10.8. The summed E-state index contributed by atoms with van der Waals surface area (Å²) in [6.45, 7) is 0.616. The molecule has 23 heavy (non-hydrogen) atoms. The van der Waals surface area contributed by atoms with Crippen LogP contribution in [0.15, 0.2) is 43.0 Å². The van der Waals surface area contributed by atoms with E-state index in [2.05, 4.69) is 15.4 Å². The van der Waals surface area contributed by atoms with E-state index in [9.17, 15) is 14.9 Å². The third kappa shape index (κ3) is 3.51. The van der Waals surface area contributed by atoms with Crippen molar-refractivity contribution in [1.29, 1.82) is 0 Å². The first-order chi connectivity index (χ1) is 11.1. The van der Waals surface area contributed by atoms with Crippen LogP contribution in [0, 0.1) is 10.1 Å². The molecule has 3 aromatic rings. The van der Waals surface area contributed by atoms with Gasteiger partial charge in [-0.3, -0.25) is 19.6 Å². The zero-order valence-corrected chi connectivity index (χ0v) is 12.1. The fourth-order valence-electron chi connectivity index (χ4n) is 2.14. The molecule has 0 aromatic carbocycles. The molecule has 9 heteroatoms. The highest BCUT2D eigenvalue weighted by Gasteiger charge is 2.10. The molecule has 3 heterocycles. The molecule has 0 unspecified atom stereocenters. The van der Waals surface area contributed by atoms with E-state index >= 15 is 0 Å². The van der Waals surface area contributed by atoms with Crippen molar-refractivity contribution in [3.05, 3.63) is 58.8 Å². The molecule has 0 spiro atoms. The molecule has 3 rings (SSSR count). The molecule has 0 saturated carbocycles. The van der Waals surface area contributed by atoms with E-state index in [1.165, 1.54) is 10.9 Å². The number of nitro groups is 1. The molecule has 0 atom stereocenters. The molecule has 1 amide bonds. The molecule has 0 aliphatic carbocycles. The highest BCUT2D eigenvalue weighted by molar-refractivity contribution is 5.75. The van der Waals surface area contributed by atoms with Crippen molar-refractivity contribution >= 4 is 17.2 Å². The molecule has 1 N–H and O–H groups in total. The first-order valence-electron chi connectivity index (χ1n) is 6.98. The van der Waals surface area contributed by atoms with Crippen molar-refractivity contribution in [3.63, 3.8) is 0 Å². The lowest BCUT2D eigenvalue weighted by atomic mass is 10.4. The number of hydrogen-bond acceptors (Lipinski definition) is 5. The van der Waals surface area contributed by atoms with E-state index in [1.807, 2.05) is 35.0 Å². The average Bonchev–Trinajstić information content (AvgIpc) is 3.17. The van der Waals surface area contributed by atoms with Gasteiger partial charge in [0.15, 0.2) is 0 Å². The van der Waals surface area contributed by atoms with Crippen LogP contribution in [0.2, 0.25) is 0 Å². The molecule has 0 fully saturated rings. The minimum atomic E-state index is -0.521. The van der Waals surface area contributed by atoms with Crippen LogP contribution in [0.25, 0.3) is 5.65 Å². The van der Waals surface area contributed by atoms with Crippen molar-refractivity contribution in [3.8, 4) is 0 Å². The summed E-state index contributed by atoms with van der Waals surface area (Å²) in [6, 6.07) is 5.68. The van der Waals surface area contributed by atoms with E-state index in [4.69, 9.17) is 0 Å². The maximum atomic E-state index is 11.8. The summed E-state index contributed by atoms with van der Waals surface area (Å²) in [5.41, 5.74) is 1.50. The van der Waals surface area contributed by atoms with Gasteiger partial charge in [-0.15, -0.1) is 0 Å². The van der Waals surface area contributed by atoms with Crippen LogP contribution in [0.4, 0.5) is 5.69 Å². The number of imidazole rings is 1. The SMILES string of the molecule is O=C(CCn1cc([N+](=O)[O-])cn1)NCc1cn2ccccc2n1. The lowest BCUT2D eigenvalue weighted by Crippen LogP contribution is -2.24. The smallest absolute Gasteiger partial charge is 0.306 e. The second-order valence-electron chi connectivity index (χ2n) is 4.94. The van der Waals surface area contributed by atoms with Crippen molar-refractivity contribution in [2.75, 3.05) is 0 Å². The second-order valence-corrected chi connectivity index (χ2v) is 4.94. The number of nitrogens with zero attached hydrogens (tertiary/aromatic N) is 5. The molecule has 0 aliphatic rings. The number of aryl methyl sites for hydroxylation is 1. The quantitative estimate of drug-likeness (QED) is 0.542. The zero-order chi connectivity index (χ0) is 16.2. The summed E-state index contributed by atoms with van der Waals surface area (Å²) >= 11 is 0. The number of fused-ring (bicyclic) bond motifs is 1. The van der Waals surface area contributed by atoms with Gasteiger partial charge in [0.2, 0.25) is 5.91 Å². The lowest BCUT2D eigenvalue weighted by Gasteiger charge is -2.03. The Bertz CT molecular complexity index is 820. The molecule has 0 bridgehead atoms. The summed E-state index contributed by atoms with van der Waals surface area (Å²) in [5, 5.41) is 17.2. The van der Waals surface area contributed by atoms with Crippen LogP contribution in [0.5, 0.6) is 0 Å². The maximum absolute atomic E-state index is 11.8. The minimum Gasteiger partial charge on any atom is -0.350 e. The lowest BCUT2D eigenvalue weighted by molar-refractivity contribution is -0.385. The summed E-state index contributed by atoms with van der Waals surface area (Å²) in [4.78, 5) is 26.2. The van der Waals surface area contributed by atoms with Gasteiger partial charge < -0.3 is 9.72 Å². The number of rotatable bonds is 6. The topological polar surface area (TPSA) is 107 Å². The Morgan fingerprint density at radius 3 is 2.96 bits per heavy atom. The van der Waals surface area contributed by atoms with Crippen molar-refractivity contribution in [1.82, 2.24) is 24.5 Å². The molecule has 9 nitrogen and oxygen atoms in total. The fourth-order valence-corrected chi connectivity index (χ4v) is 2.14. The van der Waals surface area contributed by atoms with Gasteiger partial charge in [-0.05, 0) is 12.1 Å². The van der Waals surface area contributed by atoms with Gasteiger partial charge in [0.05, 0.1) is 17.2 Å². The predicted molar refractivity (Wildman–Crippen MR) is 80.5 cm³/mol. The number of amides is 1. The summed E-state index contributed by atoms with van der Waals surface area (Å²) < 4.78 is 3.26. The molecular formula is C14H14N6O3. The summed E-state index contributed by atoms with van der Waals surface area (Å²) in [7, 11) is 0. The van der Waals surface area contributed by atoms with E-state index in [0.29, 0.717) is 6.54 Å². The Morgan fingerprint density at radius 1 is 1.35 bits per heavy atom. The number of aromatic nitrogens is 4. The highest BCUT2D eigenvalue weighted by atomic mass is 16.6. The minimum absolute atomic E-state index is 0.0879. The van der Waals surface area contributed by atoms with Crippen molar-refractivity contribution in [2.24, 2.45) is 0 Å². The van der Waals surface area contributed by atoms with E-state index in [1.54, 1.807) is 0 Å². The average molecular weight is 314 g/mol. The standard InChI is InChI=1S/C14H14N6O3/c21-14(4-6-19-10-12(8-16-19)20(22)23)15-7-11-9-18-5-2-1-3-13(18)17-11/h1-3,5,8-10H,4,6-7H2,(H,15,21). The van der Waals surface area contributed by atoms with E-state index < -0.39 is 4.92 Å². The van der Waals surface area contributed by atoms with Gasteiger partial charge in [-0.25, -0.2) is 4.98 Å². The maximum Gasteiger partial charge on any atom is 0.306 e. The van der Waals surface area contributed by atoms with Crippen LogP contribution in [0.3, 0.4) is 0 Å². The van der Waals surface area contributed by atoms with Gasteiger partial charge in [0.1, 0.15) is 18.0 Å². The van der Waals surface area contributed by atoms with E-state index in [-0.39, 0.29) is 24.6 Å². The van der Waals surface area contributed by atoms with Crippen LogP contribution in [-0.2, 0) is 17.9 Å². The largest absolute Gasteiger partial charge is 0.350 e. The Balaban J connectivity index is 1.50. The van der Waals surface area contributed by atoms with Crippen LogP contribution in [-0.4, -0.2) is 30.0 Å². The predicted octanol–water partition coefficient (Wildman–Crippen LogP) is 1.15. The summed E-state index contributed by atoms with van der Waals surface area (Å²) in [5.74, 6) is -0.166. The molecule has 0 saturated heterocycles. The number of pyridine rings is 1. The Labute approximate surface area is 130 Å². The van der Waals surface area contributed by atoms with Crippen molar-refractivity contribution in [2.45, 2.75) is 19.5 Å². The molecule has 118 valence electrons. The second kappa shape index (κ2) is 6.26. The Morgan fingerprint density at radius 2 is 2.22 bits per heavy atom. The number of carbonyl (C=O) groups is 1. The third-order valence-electron chi connectivity index (χ3n) is 3.28. The number of carbonyl (C=O) groups excluding carboxylic acids is 1. The van der Waals surface area contributed by atoms with Gasteiger partial charge >= 0.3 is 5.69 Å². The van der Waals surface area contributed by atoms with Gasteiger partial charge in [-0.1, -0.05) is 6.07 Å². The molecule has 0 aliphatic heterocycles. The zero-order valence-electron chi connectivity index (χ0n) is 12.1. The first-order valence-corrected chi connectivity index (χ1v) is 6.98. The number of nitrogens with one attached hydrogen (secondary N) is 1. The van der Waals surface area contributed by atoms with Crippen molar-refractivity contribution < 1.29 is 9.72 Å². The monoisotopic (exact) mass is 314 g/mol. The first kappa shape index (κ1) is 14.7. The van der Waals surface area contributed by atoms with Gasteiger partial charge in [-0.2, -0.15) is 5.10 Å². The Hall–Kier alpha value is -3.23. The summed E-state index contributed by atoms with van der Waals surface area (Å²) in [6.07, 6.45) is 6.39. The van der Waals surface area contributed by atoms with Crippen LogP contribution < -0.4 is 5.32 Å². The number of hydrogen-bond donors (Lipinski definition) is 1. The molecule has 0 radical (unpaired) electrons. The molecular weight excluding hydrogens is 300 g/mol. The fraction of sp³-hybridized carbons (Fsp3) is 0.214. The Kier molecular flexibility index (Phi) is 4.00. The van der Waals surface area contributed by atoms with E-state index in [0.717, 1.165) is 17.5 Å². The third-order valence-corrected chi connectivity index (χ3v) is 3.28. The highest BCUT2D eigenvalue weighted by Crippen LogP contribution is 2.08. The van der Waals surface area contributed by atoms with Crippen LogP contribution >= 0.6 is 0 Å². The van der Waals surface area contributed by atoms with Crippen LogP contribution in [0.1, 0.15) is 12.1 Å².